The molecule has 2 aromatic rings. The number of nitrogens with two attached hydrogens (primary N) is 1. The molecule has 1 aliphatic rings. The first-order valence-corrected chi connectivity index (χ1v) is 9.21. The normalized spacial score (nSPS) is 18.2. The van der Waals surface area contributed by atoms with Gasteiger partial charge in [0.15, 0.2) is 5.75 Å². The molecule has 2 N–H and O–H groups in total. The average molecular weight is 415 g/mol. The zero-order valence-corrected chi connectivity index (χ0v) is 17.2. The molecule has 0 radical (unpaired) electrons. The molecule has 4 nitrogen and oxygen atoms in total. The van der Waals surface area contributed by atoms with Crippen molar-refractivity contribution in [2.45, 2.75) is 38.9 Å². The minimum Gasteiger partial charge on any atom is -0.454 e. The predicted molar refractivity (Wildman–Crippen MR) is 108 cm³/mol. The first kappa shape index (κ1) is 19.7. The van der Waals surface area contributed by atoms with Crippen molar-refractivity contribution in [3.05, 3.63) is 45.4 Å². The van der Waals surface area contributed by atoms with E-state index < -0.39 is 18.3 Å². The Labute approximate surface area is 168 Å². The summed E-state index contributed by atoms with van der Waals surface area (Å²) in [4.78, 5) is 0. The molecule has 1 aliphatic heterocycles. The summed E-state index contributed by atoms with van der Waals surface area (Å²) in [7, 11) is -0.560. The first-order chi connectivity index (χ1) is 12.0. The van der Waals surface area contributed by atoms with Gasteiger partial charge >= 0.3 is 7.12 Å². The fraction of sp³-hybridized carbons (Fsp3) is 0.333. The lowest BCUT2D eigenvalue weighted by molar-refractivity contribution is 0.00578. The maximum atomic E-state index is 6.40. The number of rotatable bonds is 3. The molecular formula is C18H19BCl3NO3. The number of hydrogen-bond donors (Lipinski definition) is 1. The summed E-state index contributed by atoms with van der Waals surface area (Å²) in [6, 6.07) is 8.40. The summed E-state index contributed by atoms with van der Waals surface area (Å²) in [5.74, 6) is 0.811. The van der Waals surface area contributed by atoms with E-state index in [4.69, 9.17) is 54.6 Å². The van der Waals surface area contributed by atoms with Gasteiger partial charge < -0.3 is 19.8 Å². The molecule has 0 saturated carbocycles. The number of nitrogen functional groups attached to an aromatic ring is 1. The van der Waals surface area contributed by atoms with Gasteiger partial charge in [0.1, 0.15) is 5.75 Å². The van der Waals surface area contributed by atoms with Crippen LogP contribution in [0.4, 0.5) is 5.69 Å². The van der Waals surface area contributed by atoms with E-state index in [-0.39, 0.29) is 0 Å². The third-order valence-electron chi connectivity index (χ3n) is 4.74. The summed E-state index contributed by atoms with van der Waals surface area (Å²) in [5.41, 5.74) is 5.99. The molecule has 0 atom stereocenters. The van der Waals surface area contributed by atoms with Crippen LogP contribution in [0.1, 0.15) is 27.7 Å². The Morgan fingerprint density at radius 1 is 0.885 bits per heavy atom. The second kappa shape index (κ2) is 6.81. The monoisotopic (exact) mass is 413 g/mol. The molecule has 0 amide bonds. The third-order valence-corrected chi connectivity index (χ3v) is 5.63. The van der Waals surface area contributed by atoms with Crippen molar-refractivity contribution in [3.63, 3.8) is 0 Å². The SMILES string of the molecule is CC1(C)OB(c2cc(Cl)c(Oc3ccc(N)c(Cl)c3)c(Cl)c2)OC1(C)C. The van der Waals surface area contributed by atoms with Gasteiger partial charge in [0.2, 0.25) is 0 Å². The van der Waals surface area contributed by atoms with Crippen molar-refractivity contribution in [1.29, 1.82) is 0 Å². The zero-order chi connectivity index (χ0) is 19.3. The topological polar surface area (TPSA) is 53.7 Å². The second-order valence-corrected chi connectivity index (χ2v) is 8.41. The van der Waals surface area contributed by atoms with Gasteiger partial charge in [-0.15, -0.1) is 0 Å². The van der Waals surface area contributed by atoms with Crippen LogP contribution in [0, 0.1) is 0 Å². The Balaban J connectivity index is 1.88. The minimum atomic E-state index is -0.560. The Morgan fingerprint density at radius 2 is 1.42 bits per heavy atom. The third kappa shape index (κ3) is 3.64. The molecule has 0 aromatic heterocycles. The maximum absolute atomic E-state index is 6.40. The van der Waals surface area contributed by atoms with Crippen LogP contribution in [-0.2, 0) is 9.31 Å². The quantitative estimate of drug-likeness (QED) is 0.545. The van der Waals surface area contributed by atoms with Crippen LogP contribution in [-0.4, -0.2) is 18.3 Å². The van der Waals surface area contributed by atoms with Crippen molar-refractivity contribution in [3.8, 4) is 11.5 Å². The number of benzene rings is 2. The van der Waals surface area contributed by atoms with Crippen LogP contribution < -0.4 is 15.9 Å². The molecule has 138 valence electrons. The van der Waals surface area contributed by atoms with Crippen LogP contribution in [0.2, 0.25) is 15.1 Å². The molecule has 26 heavy (non-hydrogen) atoms. The number of halogens is 3. The number of anilines is 1. The van der Waals surface area contributed by atoms with Crippen LogP contribution in [0.15, 0.2) is 30.3 Å². The highest BCUT2D eigenvalue weighted by molar-refractivity contribution is 6.63. The van der Waals surface area contributed by atoms with E-state index in [0.29, 0.717) is 32.3 Å². The first-order valence-electron chi connectivity index (χ1n) is 8.07. The van der Waals surface area contributed by atoms with Gasteiger partial charge in [-0.3, -0.25) is 0 Å². The highest BCUT2D eigenvalue weighted by Crippen LogP contribution is 2.40. The van der Waals surface area contributed by atoms with E-state index in [2.05, 4.69) is 0 Å². The Bertz CT molecular complexity index is 819. The minimum absolute atomic E-state index is 0.328. The van der Waals surface area contributed by atoms with E-state index in [1.807, 2.05) is 27.7 Å². The van der Waals surface area contributed by atoms with Gasteiger partial charge in [0.05, 0.1) is 32.0 Å². The largest absolute Gasteiger partial charge is 0.494 e. The molecule has 1 fully saturated rings. The van der Waals surface area contributed by atoms with Gasteiger partial charge in [0, 0.05) is 6.07 Å². The van der Waals surface area contributed by atoms with Crippen molar-refractivity contribution in [2.75, 3.05) is 5.73 Å². The summed E-state index contributed by atoms with van der Waals surface area (Å²) in [6.07, 6.45) is 0. The van der Waals surface area contributed by atoms with Crippen molar-refractivity contribution < 1.29 is 14.0 Å². The van der Waals surface area contributed by atoms with Gasteiger partial charge in [-0.05, 0) is 57.4 Å². The maximum Gasteiger partial charge on any atom is 0.494 e. The lowest BCUT2D eigenvalue weighted by Crippen LogP contribution is -2.41. The molecular weight excluding hydrogens is 395 g/mol. The summed E-state index contributed by atoms with van der Waals surface area (Å²) in [5, 5.41) is 1.08. The van der Waals surface area contributed by atoms with E-state index >= 15 is 0 Å². The van der Waals surface area contributed by atoms with E-state index in [9.17, 15) is 0 Å². The Kier molecular flexibility index (Phi) is 5.14. The highest BCUT2D eigenvalue weighted by Gasteiger charge is 2.51. The second-order valence-electron chi connectivity index (χ2n) is 7.19. The molecule has 0 bridgehead atoms. The van der Waals surface area contributed by atoms with E-state index in [1.165, 1.54) is 0 Å². The summed E-state index contributed by atoms with van der Waals surface area (Å²) in [6.45, 7) is 7.94. The number of hydrogen-bond acceptors (Lipinski definition) is 4. The van der Waals surface area contributed by atoms with Gasteiger partial charge in [-0.2, -0.15) is 0 Å². The van der Waals surface area contributed by atoms with Crippen LogP contribution in [0.5, 0.6) is 11.5 Å². The standard InChI is InChI=1S/C18H19BCl3NO3/c1-17(2)18(3,4)26-19(25-17)10-7-13(21)16(14(22)8-10)24-11-5-6-15(23)12(20)9-11/h5-9H,23H2,1-4H3. The smallest absolute Gasteiger partial charge is 0.454 e. The van der Waals surface area contributed by atoms with Crippen LogP contribution in [0.25, 0.3) is 0 Å². The lowest BCUT2D eigenvalue weighted by atomic mass is 9.79. The molecule has 1 saturated heterocycles. The van der Waals surface area contributed by atoms with Crippen molar-refractivity contribution in [2.24, 2.45) is 0 Å². The van der Waals surface area contributed by atoms with Gasteiger partial charge in [-0.1, -0.05) is 34.8 Å². The lowest BCUT2D eigenvalue weighted by Gasteiger charge is -2.32. The van der Waals surface area contributed by atoms with Gasteiger partial charge in [-0.25, -0.2) is 0 Å². The fourth-order valence-electron chi connectivity index (χ4n) is 2.48. The molecule has 2 aromatic carbocycles. The van der Waals surface area contributed by atoms with Gasteiger partial charge in [0.25, 0.3) is 0 Å². The average Bonchev–Trinajstić information content (AvgIpc) is 2.74. The molecule has 0 aliphatic carbocycles. The molecule has 1 heterocycles. The van der Waals surface area contributed by atoms with Crippen molar-refractivity contribution in [1.82, 2.24) is 0 Å². The molecule has 0 unspecified atom stereocenters. The van der Waals surface area contributed by atoms with Crippen LogP contribution >= 0.6 is 34.8 Å². The molecule has 3 rings (SSSR count). The molecule has 0 spiro atoms. The fourth-order valence-corrected chi connectivity index (χ4v) is 3.23. The Hall–Kier alpha value is -1.11. The van der Waals surface area contributed by atoms with Crippen LogP contribution in [0.3, 0.4) is 0 Å². The Morgan fingerprint density at radius 3 is 1.92 bits per heavy atom. The number of ether oxygens (including phenoxy) is 1. The summed E-state index contributed by atoms with van der Waals surface area (Å²) >= 11 is 18.8. The summed E-state index contributed by atoms with van der Waals surface area (Å²) < 4.78 is 17.9. The van der Waals surface area contributed by atoms with E-state index in [1.54, 1.807) is 30.3 Å². The van der Waals surface area contributed by atoms with Crippen molar-refractivity contribution >= 4 is 53.1 Å². The zero-order valence-electron chi connectivity index (χ0n) is 14.9. The predicted octanol–water partition coefficient (Wildman–Crippen LogP) is 5.32. The highest BCUT2D eigenvalue weighted by atomic mass is 35.5. The van der Waals surface area contributed by atoms with E-state index in [0.717, 1.165) is 5.46 Å². The molecule has 8 heteroatoms.